The molecule has 0 unspecified atom stereocenters. The molecule has 1 heterocycles. The van der Waals surface area contributed by atoms with Gasteiger partial charge in [-0.3, -0.25) is 4.79 Å². The number of benzene rings is 2. The van der Waals surface area contributed by atoms with Gasteiger partial charge in [-0.05, 0) is 67.5 Å². The molecule has 1 aliphatic rings. The molecule has 1 aliphatic carbocycles. The molecule has 0 aliphatic heterocycles. The number of hydrogen-bond acceptors (Lipinski definition) is 5. The van der Waals surface area contributed by atoms with Gasteiger partial charge in [0.05, 0.1) is 5.56 Å². The summed E-state index contributed by atoms with van der Waals surface area (Å²) in [5.41, 5.74) is 4.58. The van der Waals surface area contributed by atoms with Crippen LogP contribution in [0.2, 0.25) is 0 Å². The van der Waals surface area contributed by atoms with Crippen LogP contribution in [0.3, 0.4) is 0 Å². The minimum absolute atomic E-state index is 0.0152. The van der Waals surface area contributed by atoms with Crippen LogP contribution in [-0.2, 0) is 24.2 Å². The van der Waals surface area contributed by atoms with Gasteiger partial charge in [0.2, 0.25) is 0 Å². The number of ether oxygens (including phenoxy) is 1. The Morgan fingerprint density at radius 1 is 1.09 bits per heavy atom. The van der Waals surface area contributed by atoms with E-state index in [1.165, 1.54) is 16.9 Å². The highest BCUT2D eigenvalue weighted by Gasteiger charge is 2.22. The fourth-order valence-corrected chi connectivity index (χ4v) is 5.00. The van der Waals surface area contributed by atoms with E-state index in [-0.39, 0.29) is 5.57 Å². The number of amides is 1. The van der Waals surface area contributed by atoms with Crippen molar-refractivity contribution < 1.29 is 9.53 Å². The van der Waals surface area contributed by atoms with Crippen LogP contribution in [0.1, 0.15) is 45.5 Å². The number of nitrogens with one attached hydrogen (secondary N) is 1. The fraction of sp³-hybridized carbons (Fsp3) is 0.222. The van der Waals surface area contributed by atoms with Gasteiger partial charge in [-0.1, -0.05) is 42.0 Å². The van der Waals surface area contributed by atoms with Crippen LogP contribution in [0.25, 0.3) is 6.08 Å². The van der Waals surface area contributed by atoms with E-state index < -0.39 is 5.91 Å². The first kappa shape index (κ1) is 22.3. The minimum atomic E-state index is -0.507. The van der Waals surface area contributed by atoms with E-state index in [0.29, 0.717) is 22.9 Å². The highest BCUT2D eigenvalue weighted by molar-refractivity contribution is 7.16. The summed E-state index contributed by atoms with van der Waals surface area (Å²) in [7, 11) is 0. The van der Waals surface area contributed by atoms with E-state index >= 15 is 0 Å². The van der Waals surface area contributed by atoms with Gasteiger partial charge < -0.3 is 10.1 Å². The SMILES string of the molecule is Cc1ccc(COc2ccc(C=C(C#N)C(=O)Nc3sc4c(c3C#N)CCCC4)cc2)cc1. The van der Waals surface area contributed by atoms with Crippen molar-refractivity contribution in [1.29, 1.82) is 10.5 Å². The van der Waals surface area contributed by atoms with Crippen LogP contribution in [-0.4, -0.2) is 5.91 Å². The summed E-state index contributed by atoms with van der Waals surface area (Å²) in [5, 5.41) is 22.4. The molecule has 0 atom stereocenters. The second-order valence-electron chi connectivity index (χ2n) is 7.99. The molecule has 0 saturated heterocycles. The third-order valence-corrected chi connectivity index (χ3v) is 6.80. The Morgan fingerprint density at radius 2 is 1.82 bits per heavy atom. The average molecular weight is 454 g/mol. The van der Waals surface area contributed by atoms with Crippen molar-refractivity contribution >= 4 is 28.3 Å². The van der Waals surface area contributed by atoms with Crippen LogP contribution in [0.15, 0.2) is 54.1 Å². The van der Waals surface area contributed by atoms with E-state index in [2.05, 4.69) is 11.4 Å². The van der Waals surface area contributed by atoms with E-state index in [1.54, 1.807) is 18.2 Å². The number of carbonyl (C=O) groups excluding carboxylic acids is 1. The Bertz CT molecular complexity index is 1270. The van der Waals surface area contributed by atoms with Crippen LogP contribution >= 0.6 is 11.3 Å². The molecule has 0 fully saturated rings. The van der Waals surface area contributed by atoms with Gasteiger partial charge in [-0.15, -0.1) is 11.3 Å². The Kier molecular flexibility index (Phi) is 6.88. The number of hydrogen-bond donors (Lipinski definition) is 1. The molecule has 33 heavy (non-hydrogen) atoms. The lowest BCUT2D eigenvalue weighted by atomic mass is 9.96. The molecule has 164 valence electrons. The lowest BCUT2D eigenvalue weighted by molar-refractivity contribution is -0.112. The number of anilines is 1. The van der Waals surface area contributed by atoms with Crippen molar-refractivity contribution in [3.05, 3.63) is 86.8 Å². The van der Waals surface area contributed by atoms with E-state index in [4.69, 9.17) is 4.74 Å². The van der Waals surface area contributed by atoms with E-state index in [1.807, 2.05) is 49.4 Å². The number of rotatable bonds is 6. The first-order valence-corrected chi connectivity index (χ1v) is 11.6. The zero-order valence-corrected chi connectivity index (χ0v) is 19.2. The first-order valence-electron chi connectivity index (χ1n) is 10.8. The number of carbonyl (C=O) groups is 1. The molecule has 0 radical (unpaired) electrons. The van der Waals surface area contributed by atoms with Crippen molar-refractivity contribution in [2.45, 2.75) is 39.2 Å². The average Bonchev–Trinajstić information content (AvgIpc) is 3.19. The predicted octanol–water partition coefficient (Wildman–Crippen LogP) is 5.93. The molecule has 0 saturated carbocycles. The Balaban J connectivity index is 1.43. The molecular formula is C27H23N3O2S. The van der Waals surface area contributed by atoms with Crippen molar-refractivity contribution in [3.63, 3.8) is 0 Å². The molecule has 1 N–H and O–H groups in total. The number of thiophene rings is 1. The zero-order valence-electron chi connectivity index (χ0n) is 18.4. The van der Waals surface area contributed by atoms with Crippen molar-refractivity contribution in [3.8, 4) is 17.9 Å². The standard InChI is InChI=1S/C27H23N3O2S/c1-18-6-8-20(9-7-18)17-32-22-12-10-19(11-13-22)14-21(15-28)26(31)30-27-24(16-29)23-4-2-3-5-25(23)33-27/h6-14H,2-5,17H2,1H3,(H,30,31). The molecule has 1 aromatic heterocycles. The zero-order chi connectivity index (χ0) is 23.2. The van der Waals surface area contributed by atoms with Crippen LogP contribution < -0.4 is 10.1 Å². The van der Waals surface area contributed by atoms with Gasteiger partial charge in [0.25, 0.3) is 5.91 Å². The topological polar surface area (TPSA) is 85.9 Å². The highest BCUT2D eigenvalue weighted by Crippen LogP contribution is 2.37. The Labute approximate surface area is 197 Å². The number of nitriles is 2. The van der Waals surface area contributed by atoms with Crippen molar-refractivity contribution in [2.75, 3.05) is 5.32 Å². The summed E-state index contributed by atoms with van der Waals surface area (Å²) in [6, 6.07) is 19.6. The number of nitrogens with zero attached hydrogens (tertiary/aromatic N) is 2. The Hall–Kier alpha value is -3.87. The third-order valence-electron chi connectivity index (χ3n) is 5.59. The maximum absolute atomic E-state index is 12.7. The molecule has 4 rings (SSSR count). The van der Waals surface area contributed by atoms with Gasteiger partial charge in [0.15, 0.2) is 0 Å². The third kappa shape index (κ3) is 5.31. The number of fused-ring (bicyclic) bond motifs is 1. The first-order chi connectivity index (χ1) is 16.1. The largest absolute Gasteiger partial charge is 0.489 e. The fourth-order valence-electron chi connectivity index (χ4n) is 3.77. The maximum Gasteiger partial charge on any atom is 0.266 e. The van der Waals surface area contributed by atoms with Gasteiger partial charge in [0.1, 0.15) is 35.1 Å². The molecular weight excluding hydrogens is 430 g/mol. The normalized spacial score (nSPS) is 12.9. The lowest BCUT2D eigenvalue weighted by Gasteiger charge is -2.09. The summed E-state index contributed by atoms with van der Waals surface area (Å²) in [6.07, 6.45) is 5.49. The molecule has 5 nitrogen and oxygen atoms in total. The summed E-state index contributed by atoms with van der Waals surface area (Å²) in [5.74, 6) is 0.200. The van der Waals surface area contributed by atoms with Crippen molar-refractivity contribution in [2.24, 2.45) is 0 Å². The monoisotopic (exact) mass is 453 g/mol. The lowest BCUT2D eigenvalue weighted by Crippen LogP contribution is -2.13. The van der Waals surface area contributed by atoms with Crippen LogP contribution in [0.4, 0.5) is 5.00 Å². The quantitative estimate of drug-likeness (QED) is 0.370. The summed E-state index contributed by atoms with van der Waals surface area (Å²) in [6.45, 7) is 2.51. The minimum Gasteiger partial charge on any atom is -0.489 e. The molecule has 2 aromatic carbocycles. The molecule has 1 amide bonds. The van der Waals surface area contributed by atoms with Gasteiger partial charge in [-0.25, -0.2) is 0 Å². The number of aryl methyl sites for hydroxylation is 2. The van der Waals surface area contributed by atoms with Gasteiger partial charge in [-0.2, -0.15) is 10.5 Å². The molecule has 0 spiro atoms. The summed E-state index contributed by atoms with van der Waals surface area (Å²) in [4.78, 5) is 13.9. The smallest absolute Gasteiger partial charge is 0.266 e. The highest BCUT2D eigenvalue weighted by atomic mass is 32.1. The molecule has 6 heteroatoms. The molecule has 0 bridgehead atoms. The van der Waals surface area contributed by atoms with Crippen LogP contribution in [0, 0.1) is 29.6 Å². The maximum atomic E-state index is 12.7. The second kappa shape index (κ2) is 10.2. The van der Waals surface area contributed by atoms with Gasteiger partial charge >= 0.3 is 0 Å². The van der Waals surface area contributed by atoms with E-state index in [0.717, 1.165) is 47.3 Å². The Morgan fingerprint density at radius 3 is 2.52 bits per heavy atom. The van der Waals surface area contributed by atoms with E-state index in [9.17, 15) is 15.3 Å². The van der Waals surface area contributed by atoms with Crippen molar-refractivity contribution in [1.82, 2.24) is 0 Å². The summed E-state index contributed by atoms with van der Waals surface area (Å²) >= 11 is 1.45. The molecule has 3 aromatic rings. The van der Waals surface area contributed by atoms with Crippen LogP contribution in [0.5, 0.6) is 5.75 Å². The predicted molar refractivity (Wildman–Crippen MR) is 130 cm³/mol. The van der Waals surface area contributed by atoms with Gasteiger partial charge in [0, 0.05) is 4.88 Å². The summed E-state index contributed by atoms with van der Waals surface area (Å²) < 4.78 is 5.82. The second-order valence-corrected chi connectivity index (χ2v) is 9.10.